The number of halogens is 1. The average molecular weight is 436 g/mol. The summed E-state index contributed by atoms with van der Waals surface area (Å²) in [7, 11) is 1.80. The number of nitrogens with one attached hydrogen (secondary N) is 2. The molecule has 116 valence electrons. The molecule has 2 aromatic heterocycles. The zero-order valence-electron chi connectivity index (χ0n) is 12.5. The number of thiazole rings is 1. The van der Waals surface area contributed by atoms with E-state index < -0.39 is 0 Å². The number of guanidine groups is 1. The van der Waals surface area contributed by atoms with E-state index >= 15 is 0 Å². The molecular weight excluding hydrogens is 415 g/mol. The van der Waals surface area contributed by atoms with Gasteiger partial charge in [0.15, 0.2) is 5.96 Å². The average Bonchev–Trinajstić information content (AvgIpc) is 3.03. The Balaban J connectivity index is 0.00000220. The molecule has 2 rings (SSSR count). The third-order valence-corrected chi connectivity index (χ3v) is 4.89. The van der Waals surface area contributed by atoms with Gasteiger partial charge in [0, 0.05) is 23.3 Å². The quantitative estimate of drug-likeness (QED) is 0.430. The molecule has 0 atom stereocenters. The van der Waals surface area contributed by atoms with Crippen LogP contribution >= 0.6 is 46.7 Å². The SMILES string of the molecule is CN=C(NCCc1cccs1)NCc1sc(C)nc1C.I. The van der Waals surface area contributed by atoms with Crippen LogP contribution in [-0.2, 0) is 13.0 Å². The molecule has 0 aliphatic carbocycles. The second-order valence-corrected chi connectivity index (χ2v) is 6.74. The molecule has 2 N–H and O–H groups in total. The van der Waals surface area contributed by atoms with Gasteiger partial charge in [-0.15, -0.1) is 46.7 Å². The lowest BCUT2D eigenvalue weighted by Crippen LogP contribution is -2.37. The van der Waals surface area contributed by atoms with Crippen LogP contribution in [0.4, 0.5) is 0 Å². The Morgan fingerprint density at radius 1 is 1.33 bits per heavy atom. The van der Waals surface area contributed by atoms with E-state index in [1.165, 1.54) is 9.75 Å². The molecule has 0 saturated heterocycles. The van der Waals surface area contributed by atoms with Crippen molar-refractivity contribution in [2.24, 2.45) is 4.99 Å². The zero-order chi connectivity index (χ0) is 14.4. The predicted molar refractivity (Wildman–Crippen MR) is 103 cm³/mol. The molecular formula is C14H21IN4S2. The fraction of sp³-hybridized carbons (Fsp3) is 0.429. The summed E-state index contributed by atoms with van der Waals surface area (Å²) in [5.41, 5.74) is 1.11. The Hall–Kier alpha value is -0.670. The van der Waals surface area contributed by atoms with Crippen LogP contribution in [0.15, 0.2) is 22.5 Å². The molecule has 0 aromatic carbocycles. The van der Waals surface area contributed by atoms with Crippen LogP contribution in [0, 0.1) is 13.8 Å². The van der Waals surface area contributed by atoms with Gasteiger partial charge in [-0.05, 0) is 31.7 Å². The highest BCUT2D eigenvalue weighted by atomic mass is 127. The topological polar surface area (TPSA) is 49.3 Å². The van der Waals surface area contributed by atoms with Crippen molar-refractivity contribution in [3.05, 3.63) is 38.0 Å². The molecule has 7 heteroatoms. The summed E-state index contributed by atoms with van der Waals surface area (Å²) in [5.74, 6) is 0.840. The first kappa shape index (κ1) is 18.4. The Kier molecular flexibility index (Phi) is 8.20. The Morgan fingerprint density at radius 3 is 2.71 bits per heavy atom. The van der Waals surface area contributed by atoms with Gasteiger partial charge in [0.25, 0.3) is 0 Å². The normalized spacial score (nSPS) is 11.1. The third-order valence-electron chi connectivity index (χ3n) is 2.88. The molecule has 0 radical (unpaired) electrons. The smallest absolute Gasteiger partial charge is 0.191 e. The first-order valence-corrected chi connectivity index (χ1v) is 8.28. The van der Waals surface area contributed by atoms with Crippen LogP contribution in [0.1, 0.15) is 20.5 Å². The fourth-order valence-electron chi connectivity index (χ4n) is 1.88. The number of hydrogen-bond donors (Lipinski definition) is 2. The second-order valence-electron chi connectivity index (χ2n) is 4.42. The Bertz CT molecular complexity index is 564. The molecule has 0 amide bonds. The minimum Gasteiger partial charge on any atom is -0.356 e. The van der Waals surface area contributed by atoms with Gasteiger partial charge in [-0.1, -0.05) is 6.07 Å². The Labute approximate surface area is 151 Å². The number of aromatic nitrogens is 1. The largest absolute Gasteiger partial charge is 0.356 e. The highest BCUT2D eigenvalue weighted by Crippen LogP contribution is 2.16. The van der Waals surface area contributed by atoms with E-state index in [0.717, 1.165) is 36.2 Å². The third kappa shape index (κ3) is 5.91. The minimum atomic E-state index is 0. The summed E-state index contributed by atoms with van der Waals surface area (Å²) in [6, 6.07) is 4.24. The molecule has 21 heavy (non-hydrogen) atoms. The number of nitrogens with zero attached hydrogens (tertiary/aromatic N) is 2. The fourth-order valence-corrected chi connectivity index (χ4v) is 3.47. The molecule has 2 aromatic rings. The first-order chi connectivity index (χ1) is 9.69. The summed E-state index contributed by atoms with van der Waals surface area (Å²) >= 11 is 3.52. The highest BCUT2D eigenvalue weighted by Gasteiger charge is 2.05. The van der Waals surface area contributed by atoms with Crippen molar-refractivity contribution >= 4 is 52.6 Å². The van der Waals surface area contributed by atoms with Gasteiger partial charge >= 0.3 is 0 Å². The zero-order valence-corrected chi connectivity index (χ0v) is 16.4. The minimum absolute atomic E-state index is 0. The molecule has 0 bridgehead atoms. The monoisotopic (exact) mass is 436 g/mol. The van der Waals surface area contributed by atoms with Gasteiger partial charge in [0.05, 0.1) is 17.2 Å². The van der Waals surface area contributed by atoms with Gasteiger partial charge in [0.2, 0.25) is 0 Å². The van der Waals surface area contributed by atoms with E-state index in [4.69, 9.17) is 0 Å². The predicted octanol–water partition coefficient (Wildman–Crippen LogP) is 3.35. The first-order valence-electron chi connectivity index (χ1n) is 6.59. The van der Waals surface area contributed by atoms with Crippen LogP contribution in [0.2, 0.25) is 0 Å². The van der Waals surface area contributed by atoms with E-state index in [1.807, 2.05) is 13.8 Å². The number of thiophene rings is 1. The van der Waals surface area contributed by atoms with Gasteiger partial charge in [0.1, 0.15) is 0 Å². The van der Waals surface area contributed by atoms with Crippen LogP contribution in [0.5, 0.6) is 0 Å². The van der Waals surface area contributed by atoms with Crippen LogP contribution in [0.3, 0.4) is 0 Å². The summed E-state index contributed by atoms with van der Waals surface area (Å²) in [5, 5.41) is 9.89. The standard InChI is InChI=1S/C14H20N4S2.HI/c1-10-13(20-11(2)18-10)9-17-14(15-3)16-7-6-12-5-4-8-19-12;/h4-5,8H,6-7,9H2,1-3H3,(H2,15,16,17);1H. The van der Waals surface area contributed by atoms with Crippen molar-refractivity contribution in [2.75, 3.05) is 13.6 Å². The van der Waals surface area contributed by atoms with Crippen molar-refractivity contribution in [3.63, 3.8) is 0 Å². The van der Waals surface area contributed by atoms with E-state index in [9.17, 15) is 0 Å². The van der Waals surface area contributed by atoms with E-state index in [0.29, 0.717) is 0 Å². The van der Waals surface area contributed by atoms with Gasteiger partial charge in [-0.25, -0.2) is 4.98 Å². The second kappa shape index (κ2) is 9.37. The summed E-state index contributed by atoms with van der Waals surface area (Å²) in [6.07, 6.45) is 1.02. The molecule has 0 saturated carbocycles. The molecule has 0 fully saturated rings. The summed E-state index contributed by atoms with van der Waals surface area (Å²) < 4.78 is 0. The lowest BCUT2D eigenvalue weighted by atomic mass is 10.3. The van der Waals surface area contributed by atoms with Crippen molar-refractivity contribution in [3.8, 4) is 0 Å². The van der Waals surface area contributed by atoms with Crippen molar-refractivity contribution in [2.45, 2.75) is 26.8 Å². The Morgan fingerprint density at radius 2 is 2.14 bits per heavy atom. The number of rotatable bonds is 5. The highest BCUT2D eigenvalue weighted by molar-refractivity contribution is 14.0. The lowest BCUT2D eigenvalue weighted by molar-refractivity contribution is 0.801. The summed E-state index contributed by atoms with van der Waals surface area (Å²) in [4.78, 5) is 11.3. The van der Waals surface area contributed by atoms with Crippen molar-refractivity contribution in [1.82, 2.24) is 15.6 Å². The molecule has 0 unspecified atom stereocenters. The van der Waals surface area contributed by atoms with Gasteiger partial charge in [-0.2, -0.15) is 0 Å². The number of hydrogen-bond acceptors (Lipinski definition) is 4. The lowest BCUT2D eigenvalue weighted by Gasteiger charge is -2.10. The van der Waals surface area contributed by atoms with Gasteiger partial charge in [-0.3, -0.25) is 4.99 Å². The number of aliphatic imine (C=N–C) groups is 1. The van der Waals surface area contributed by atoms with E-state index in [2.05, 4.69) is 38.1 Å². The van der Waals surface area contributed by atoms with Crippen LogP contribution in [-0.4, -0.2) is 24.5 Å². The van der Waals surface area contributed by atoms with E-state index in [1.54, 1.807) is 29.7 Å². The maximum atomic E-state index is 4.43. The van der Waals surface area contributed by atoms with Gasteiger partial charge < -0.3 is 10.6 Å². The van der Waals surface area contributed by atoms with Crippen LogP contribution < -0.4 is 10.6 Å². The number of aryl methyl sites for hydroxylation is 2. The van der Waals surface area contributed by atoms with Crippen molar-refractivity contribution < 1.29 is 0 Å². The molecule has 0 spiro atoms. The maximum absolute atomic E-state index is 4.43. The molecule has 2 heterocycles. The maximum Gasteiger partial charge on any atom is 0.191 e. The van der Waals surface area contributed by atoms with Crippen molar-refractivity contribution in [1.29, 1.82) is 0 Å². The van der Waals surface area contributed by atoms with Crippen LogP contribution in [0.25, 0.3) is 0 Å². The van der Waals surface area contributed by atoms with E-state index in [-0.39, 0.29) is 24.0 Å². The molecule has 0 aliphatic rings. The molecule has 0 aliphatic heterocycles. The molecule has 4 nitrogen and oxygen atoms in total. The summed E-state index contributed by atoms with van der Waals surface area (Å²) in [6.45, 7) is 5.75.